The number of hydrogen-bond donors (Lipinski definition) is 2. The van der Waals surface area contributed by atoms with Crippen molar-refractivity contribution in [2.24, 2.45) is 0 Å². The van der Waals surface area contributed by atoms with E-state index < -0.39 is 5.60 Å². The summed E-state index contributed by atoms with van der Waals surface area (Å²) in [6.07, 6.45) is 2.10. The second-order valence-corrected chi connectivity index (χ2v) is 5.74. The van der Waals surface area contributed by atoms with Gasteiger partial charge in [0.2, 0.25) is 5.91 Å². The summed E-state index contributed by atoms with van der Waals surface area (Å²) < 4.78 is 0. The first-order valence-corrected chi connectivity index (χ1v) is 6.67. The summed E-state index contributed by atoms with van der Waals surface area (Å²) in [5.74, 6) is 0.238. The molecule has 0 saturated carbocycles. The Morgan fingerprint density at radius 3 is 2.58 bits per heavy atom. The molecule has 104 valence electrons. The molecule has 0 spiro atoms. The van der Waals surface area contributed by atoms with Crippen molar-refractivity contribution in [1.82, 2.24) is 4.90 Å². The Morgan fingerprint density at radius 2 is 2.00 bits per heavy atom. The van der Waals surface area contributed by atoms with Gasteiger partial charge in [-0.25, -0.2) is 0 Å². The van der Waals surface area contributed by atoms with E-state index in [1.54, 1.807) is 43.0 Å². The summed E-state index contributed by atoms with van der Waals surface area (Å²) in [6.45, 7) is 4.22. The van der Waals surface area contributed by atoms with E-state index in [0.717, 1.165) is 18.4 Å². The number of phenolic OH excluding ortho intramolecular Hbond substituents is 1. The minimum Gasteiger partial charge on any atom is -0.508 e. The molecule has 0 aliphatic carbocycles. The van der Waals surface area contributed by atoms with Crippen molar-refractivity contribution in [2.45, 2.75) is 44.8 Å². The zero-order chi connectivity index (χ0) is 14.0. The molecule has 1 amide bonds. The summed E-state index contributed by atoms with van der Waals surface area (Å²) in [7, 11) is 0. The standard InChI is InChI=1S/C15H21NO3/c1-15(2,19)13-4-3-9-16(13)14(18)10-11-5-7-12(17)8-6-11/h5-8,13,17,19H,3-4,9-10H2,1-2H3. The fourth-order valence-electron chi connectivity index (χ4n) is 2.69. The molecule has 0 aromatic heterocycles. The zero-order valence-corrected chi connectivity index (χ0v) is 11.5. The van der Waals surface area contributed by atoms with Crippen molar-refractivity contribution in [3.63, 3.8) is 0 Å². The van der Waals surface area contributed by atoms with Crippen molar-refractivity contribution in [1.29, 1.82) is 0 Å². The molecule has 1 fully saturated rings. The van der Waals surface area contributed by atoms with Crippen LogP contribution in [0.3, 0.4) is 0 Å². The van der Waals surface area contributed by atoms with Crippen LogP contribution in [0.1, 0.15) is 32.3 Å². The molecule has 2 N–H and O–H groups in total. The van der Waals surface area contributed by atoms with Crippen molar-refractivity contribution in [3.05, 3.63) is 29.8 Å². The molecule has 1 heterocycles. The smallest absolute Gasteiger partial charge is 0.227 e. The van der Waals surface area contributed by atoms with Gasteiger partial charge in [-0.1, -0.05) is 12.1 Å². The summed E-state index contributed by atoms with van der Waals surface area (Å²) >= 11 is 0. The molecule has 1 atom stereocenters. The molecule has 1 aromatic carbocycles. The largest absolute Gasteiger partial charge is 0.508 e. The highest BCUT2D eigenvalue weighted by molar-refractivity contribution is 5.79. The van der Waals surface area contributed by atoms with Crippen LogP contribution in [0.5, 0.6) is 5.75 Å². The highest BCUT2D eigenvalue weighted by Gasteiger charge is 2.38. The molecule has 1 unspecified atom stereocenters. The van der Waals surface area contributed by atoms with E-state index in [4.69, 9.17) is 0 Å². The Balaban J connectivity index is 2.05. The normalized spacial score (nSPS) is 19.7. The highest BCUT2D eigenvalue weighted by atomic mass is 16.3. The molecule has 4 heteroatoms. The second-order valence-electron chi connectivity index (χ2n) is 5.74. The molecule has 1 aromatic rings. The molecule has 0 radical (unpaired) electrons. The molecule has 1 aliphatic rings. The van der Waals surface area contributed by atoms with Crippen LogP contribution in [0.15, 0.2) is 24.3 Å². The van der Waals surface area contributed by atoms with Gasteiger partial charge in [0.05, 0.1) is 18.1 Å². The number of hydrogen-bond acceptors (Lipinski definition) is 3. The fourth-order valence-corrected chi connectivity index (χ4v) is 2.69. The maximum absolute atomic E-state index is 12.3. The molecule has 19 heavy (non-hydrogen) atoms. The van der Waals surface area contributed by atoms with Crippen molar-refractivity contribution < 1.29 is 15.0 Å². The van der Waals surface area contributed by atoms with Gasteiger partial charge in [0.1, 0.15) is 5.75 Å². The molecular formula is C15H21NO3. The van der Waals surface area contributed by atoms with E-state index in [9.17, 15) is 15.0 Å². The van der Waals surface area contributed by atoms with Crippen LogP contribution in [-0.4, -0.2) is 39.2 Å². The number of aromatic hydroxyl groups is 1. The number of nitrogens with zero attached hydrogens (tertiary/aromatic N) is 1. The van der Waals surface area contributed by atoms with Crippen LogP contribution in [0.25, 0.3) is 0 Å². The Kier molecular flexibility index (Phi) is 3.80. The maximum atomic E-state index is 12.3. The van der Waals surface area contributed by atoms with Gasteiger partial charge >= 0.3 is 0 Å². The van der Waals surface area contributed by atoms with Crippen LogP contribution in [0.4, 0.5) is 0 Å². The Labute approximate surface area is 113 Å². The van der Waals surface area contributed by atoms with Gasteiger partial charge in [0.15, 0.2) is 0 Å². The minimum atomic E-state index is -0.860. The van der Waals surface area contributed by atoms with Crippen LogP contribution in [0, 0.1) is 0 Å². The molecule has 1 saturated heterocycles. The molecule has 2 rings (SSSR count). The Morgan fingerprint density at radius 1 is 1.37 bits per heavy atom. The average Bonchev–Trinajstić information content (AvgIpc) is 2.81. The zero-order valence-electron chi connectivity index (χ0n) is 11.5. The lowest BCUT2D eigenvalue weighted by atomic mass is 9.96. The number of amides is 1. The lowest BCUT2D eigenvalue weighted by molar-refractivity contribution is -0.135. The summed E-state index contributed by atoms with van der Waals surface area (Å²) in [5.41, 5.74) is 0.0189. The number of carbonyl (C=O) groups excluding carboxylic acids is 1. The van der Waals surface area contributed by atoms with Gasteiger partial charge in [0, 0.05) is 6.54 Å². The monoisotopic (exact) mass is 263 g/mol. The van der Waals surface area contributed by atoms with Crippen molar-refractivity contribution in [2.75, 3.05) is 6.54 Å². The first kappa shape index (κ1) is 13.9. The Bertz CT molecular complexity index is 447. The highest BCUT2D eigenvalue weighted by Crippen LogP contribution is 2.27. The summed E-state index contributed by atoms with van der Waals surface area (Å²) in [6, 6.07) is 6.57. The number of aliphatic hydroxyl groups is 1. The van der Waals surface area contributed by atoms with Crippen LogP contribution in [0.2, 0.25) is 0 Å². The quantitative estimate of drug-likeness (QED) is 0.872. The van der Waals surface area contributed by atoms with E-state index in [2.05, 4.69) is 0 Å². The van der Waals surface area contributed by atoms with Crippen LogP contribution < -0.4 is 0 Å². The fraction of sp³-hybridized carbons (Fsp3) is 0.533. The molecular weight excluding hydrogens is 242 g/mol. The lowest BCUT2D eigenvalue weighted by Crippen LogP contribution is -2.48. The van der Waals surface area contributed by atoms with Crippen LogP contribution >= 0.6 is 0 Å². The van der Waals surface area contributed by atoms with Gasteiger partial charge in [-0.3, -0.25) is 4.79 Å². The molecule has 0 bridgehead atoms. The second kappa shape index (κ2) is 5.21. The van der Waals surface area contributed by atoms with Gasteiger partial charge in [-0.15, -0.1) is 0 Å². The number of benzene rings is 1. The van der Waals surface area contributed by atoms with E-state index in [0.29, 0.717) is 13.0 Å². The third-order valence-electron chi connectivity index (χ3n) is 3.68. The predicted octanol–water partition coefficient (Wildman–Crippen LogP) is 1.70. The SMILES string of the molecule is CC(C)(O)C1CCCN1C(=O)Cc1ccc(O)cc1. The number of rotatable bonds is 3. The number of carbonyl (C=O) groups is 1. The maximum Gasteiger partial charge on any atom is 0.227 e. The van der Waals surface area contributed by atoms with E-state index in [1.807, 2.05) is 0 Å². The predicted molar refractivity (Wildman–Crippen MR) is 72.8 cm³/mol. The van der Waals surface area contributed by atoms with Gasteiger partial charge in [-0.2, -0.15) is 0 Å². The minimum absolute atomic E-state index is 0.0373. The summed E-state index contributed by atoms with van der Waals surface area (Å²) in [5, 5.41) is 19.3. The number of likely N-dealkylation sites (tertiary alicyclic amines) is 1. The van der Waals surface area contributed by atoms with Gasteiger partial charge < -0.3 is 15.1 Å². The first-order valence-electron chi connectivity index (χ1n) is 6.67. The summed E-state index contributed by atoms with van der Waals surface area (Å²) in [4.78, 5) is 14.1. The average molecular weight is 263 g/mol. The van der Waals surface area contributed by atoms with E-state index >= 15 is 0 Å². The van der Waals surface area contributed by atoms with Crippen molar-refractivity contribution >= 4 is 5.91 Å². The first-order chi connectivity index (χ1) is 8.88. The molecule has 1 aliphatic heterocycles. The van der Waals surface area contributed by atoms with Gasteiger partial charge in [0.25, 0.3) is 0 Å². The number of phenols is 1. The third kappa shape index (κ3) is 3.26. The van der Waals surface area contributed by atoms with Crippen LogP contribution in [-0.2, 0) is 11.2 Å². The van der Waals surface area contributed by atoms with Crippen molar-refractivity contribution in [3.8, 4) is 5.75 Å². The lowest BCUT2D eigenvalue weighted by Gasteiger charge is -2.33. The van der Waals surface area contributed by atoms with Gasteiger partial charge in [-0.05, 0) is 44.4 Å². The third-order valence-corrected chi connectivity index (χ3v) is 3.68. The van der Waals surface area contributed by atoms with E-state index in [1.165, 1.54) is 0 Å². The Hall–Kier alpha value is -1.55. The van der Waals surface area contributed by atoms with E-state index in [-0.39, 0.29) is 17.7 Å². The molecule has 4 nitrogen and oxygen atoms in total. The topological polar surface area (TPSA) is 60.8 Å².